The topological polar surface area (TPSA) is 35.8 Å². The van der Waals surface area contributed by atoms with E-state index in [0.717, 1.165) is 17.2 Å². The predicted octanol–water partition coefficient (Wildman–Crippen LogP) is 3.55. The van der Waals surface area contributed by atoms with Crippen LogP contribution in [0.5, 0.6) is 0 Å². The molecule has 0 bridgehead atoms. The van der Waals surface area contributed by atoms with Gasteiger partial charge in [0.15, 0.2) is 0 Å². The summed E-state index contributed by atoms with van der Waals surface area (Å²) in [5.74, 6) is 0.900. The SMILES string of the molecule is CC(CC1CCC1)Nc1ccccc1C#N. The molecule has 0 aliphatic heterocycles. The lowest BCUT2D eigenvalue weighted by Crippen LogP contribution is -2.23. The van der Waals surface area contributed by atoms with Gasteiger partial charge in [-0.15, -0.1) is 0 Å². The smallest absolute Gasteiger partial charge is 0.101 e. The van der Waals surface area contributed by atoms with Crippen LogP contribution in [0.15, 0.2) is 24.3 Å². The third-order valence-corrected chi connectivity index (χ3v) is 3.36. The number of benzene rings is 1. The number of hydrogen-bond donors (Lipinski definition) is 1. The van der Waals surface area contributed by atoms with Crippen LogP contribution in [0.4, 0.5) is 5.69 Å². The minimum Gasteiger partial charge on any atom is -0.382 e. The summed E-state index contributed by atoms with van der Waals surface area (Å²) >= 11 is 0. The first-order chi connectivity index (χ1) is 7.79. The van der Waals surface area contributed by atoms with Crippen molar-refractivity contribution in [3.63, 3.8) is 0 Å². The Balaban J connectivity index is 1.94. The Kier molecular flexibility index (Phi) is 3.46. The summed E-state index contributed by atoms with van der Waals surface area (Å²) in [6.07, 6.45) is 5.38. The molecular weight excluding hydrogens is 196 g/mol. The van der Waals surface area contributed by atoms with E-state index in [4.69, 9.17) is 5.26 Å². The van der Waals surface area contributed by atoms with E-state index in [1.54, 1.807) is 0 Å². The van der Waals surface area contributed by atoms with E-state index < -0.39 is 0 Å². The Hall–Kier alpha value is -1.49. The molecule has 0 heterocycles. The molecule has 1 N–H and O–H groups in total. The standard InChI is InChI=1S/C14H18N2/c1-11(9-12-5-4-6-12)16-14-8-3-2-7-13(14)10-15/h2-3,7-8,11-12,16H,4-6,9H2,1H3. The fourth-order valence-corrected chi connectivity index (χ4v) is 2.26. The Bertz CT molecular complexity index is 388. The summed E-state index contributed by atoms with van der Waals surface area (Å²) in [6.45, 7) is 2.20. The van der Waals surface area contributed by atoms with Crippen molar-refractivity contribution in [2.24, 2.45) is 5.92 Å². The van der Waals surface area contributed by atoms with E-state index in [1.165, 1.54) is 25.7 Å². The highest BCUT2D eigenvalue weighted by Gasteiger charge is 2.20. The maximum atomic E-state index is 8.98. The summed E-state index contributed by atoms with van der Waals surface area (Å²) in [5.41, 5.74) is 1.71. The molecule has 1 saturated carbocycles. The van der Waals surface area contributed by atoms with Gasteiger partial charge in [0.2, 0.25) is 0 Å². The lowest BCUT2D eigenvalue weighted by molar-refractivity contribution is 0.286. The van der Waals surface area contributed by atoms with Crippen molar-refractivity contribution >= 4 is 5.69 Å². The Morgan fingerprint density at radius 2 is 2.19 bits per heavy atom. The molecule has 16 heavy (non-hydrogen) atoms. The van der Waals surface area contributed by atoms with E-state index >= 15 is 0 Å². The van der Waals surface area contributed by atoms with Gasteiger partial charge in [-0.05, 0) is 31.4 Å². The minimum absolute atomic E-state index is 0.458. The number of nitrogens with one attached hydrogen (secondary N) is 1. The first-order valence-corrected chi connectivity index (χ1v) is 6.05. The molecule has 2 heteroatoms. The number of para-hydroxylation sites is 1. The van der Waals surface area contributed by atoms with Crippen molar-refractivity contribution in [1.29, 1.82) is 5.26 Å². The van der Waals surface area contributed by atoms with Crippen molar-refractivity contribution in [3.8, 4) is 6.07 Å². The van der Waals surface area contributed by atoms with Gasteiger partial charge < -0.3 is 5.32 Å². The lowest BCUT2D eigenvalue weighted by atomic mass is 9.81. The summed E-state index contributed by atoms with van der Waals surface area (Å²) in [7, 11) is 0. The van der Waals surface area contributed by atoms with Crippen LogP contribution < -0.4 is 5.32 Å². The summed E-state index contributed by atoms with van der Waals surface area (Å²) in [5, 5.41) is 12.4. The van der Waals surface area contributed by atoms with E-state index in [0.29, 0.717) is 6.04 Å². The van der Waals surface area contributed by atoms with Crippen molar-refractivity contribution in [2.75, 3.05) is 5.32 Å². The summed E-state index contributed by atoms with van der Waals surface area (Å²) < 4.78 is 0. The molecule has 2 rings (SSSR count). The van der Waals surface area contributed by atoms with Crippen molar-refractivity contribution in [1.82, 2.24) is 0 Å². The summed E-state index contributed by atoms with van der Waals surface area (Å²) in [4.78, 5) is 0. The second kappa shape index (κ2) is 5.03. The highest BCUT2D eigenvalue weighted by molar-refractivity contribution is 5.57. The molecule has 1 atom stereocenters. The van der Waals surface area contributed by atoms with Crippen LogP contribution in [-0.4, -0.2) is 6.04 Å². The molecule has 1 fully saturated rings. The third-order valence-electron chi connectivity index (χ3n) is 3.36. The molecule has 0 saturated heterocycles. The molecule has 0 radical (unpaired) electrons. The molecule has 1 aliphatic rings. The molecule has 1 aliphatic carbocycles. The number of anilines is 1. The van der Waals surface area contributed by atoms with Crippen molar-refractivity contribution < 1.29 is 0 Å². The highest BCUT2D eigenvalue weighted by Crippen LogP contribution is 2.31. The van der Waals surface area contributed by atoms with Gasteiger partial charge in [-0.25, -0.2) is 0 Å². The first kappa shape index (κ1) is 11.0. The number of nitrogens with zero attached hydrogens (tertiary/aromatic N) is 1. The normalized spacial score (nSPS) is 17.2. The average molecular weight is 214 g/mol. The van der Waals surface area contributed by atoms with Gasteiger partial charge >= 0.3 is 0 Å². The van der Waals surface area contributed by atoms with Crippen LogP contribution in [0.3, 0.4) is 0 Å². The van der Waals surface area contributed by atoms with Gasteiger partial charge in [0.1, 0.15) is 6.07 Å². The molecular formula is C14H18N2. The van der Waals surface area contributed by atoms with E-state index in [2.05, 4.69) is 18.3 Å². The monoisotopic (exact) mass is 214 g/mol. The van der Waals surface area contributed by atoms with Crippen LogP contribution in [0.1, 0.15) is 38.2 Å². The Labute approximate surface area is 97.3 Å². The van der Waals surface area contributed by atoms with Crippen LogP contribution >= 0.6 is 0 Å². The zero-order valence-electron chi connectivity index (χ0n) is 9.74. The largest absolute Gasteiger partial charge is 0.382 e. The number of nitriles is 1. The fourth-order valence-electron chi connectivity index (χ4n) is 2.26. The zero-order valence-corrected chi connectivity index (χ0v) is 9.74. The molecule has 2 nitrogen and oxygen atoms in total. The molecule has 0 amide bonds. The van der Waals surface area contributed by atoms with Gasteiger partial charge in [0.25, 0.3) is 0 Å². The number of rotatable bonds is 4. The second-order valence-corrected chi connectivity index (χ2v) is 4.74. The first-order valence-electron chi connectivity index (χ1n) is 6.05. The van der Waals surface area contributed by atoms with Crippen LogP contribution in [0.25, 0.3) is 0 Å². The van der Waals surface area contributed by atoms with Crippen molar-refractivity contribution in [3.05, 3.63) is 29.8 Å². The third kappa shape index (κ3) is 2.55. The Morgan fingerprint density at radius 1 is 1.44 bits per heavy atom. The molecule has 84 valence electrons. The predicted molar refractivity (Wildman–Crippen MR) is 66.2 cm³/mol. The van der Waals surface area contributed by atoms with Gasteiger partial charge in [-0.3, -0.25) is 0 Å². The van der Waals surface area contributed by atoms with Crippen molar-refractivity contribution in [2.45, 2.75) is 38.6 Å². The van der Waals surface area contributed by atoms with Gasteiger partial charge in [-0.2, -0.15) is 5.26 Å². The van der Waals surface area contributed by atoms with E-state index in [9.17, 15) is 0 Å². The van der Waals surface area contributed by atoms with Crippen LogP contribution in [0, 0.1) is 17.2 Å². The lowest BCUT2D eigenvalue weighted by Gasteiger charge is -2.29. The maximum Gasteiger partial charge on any atom is 0.101 e. The molecule has 0 aromatic heterocycles. The van der Waals surface area contributed by atoms with Gasteiger partial charge in [-0.1, -0.05) is 31.4 Å². The highest BCUT2D eigenvalue weighted by atomic mass is 14.9. The molecule has 1 unspecified atom stereocenters. The molecule has 1 aromatic rings. The fraction of sp³-hybridized carbons (Fsp3) is 0.500. The van der Waals surface area contributed by atoms with Crippen LogP contribution in [-0.2, 0) is 0 Å². The van der Waals surface area contributed by atoms with Crippen LogP contribution in [0.2, 0.25) is 0 Å². The van der Waals surface area contributed by atoms with E-state index in [-0.39, 0.29) is 0 Å². The van der Waals surface area contributed by atoms with Gasteiger partial charge in [0.05, 0.1) is 11.3 Å². The van der Waals surface area contributed by atoms with Gasteiger partial charge in [0, 0.05) is 6.04 Å². The average Bonchev–Trinajstić information content (AvgIpc) is 2.24. The molecule has 1 aromatic carbocycles. The second-order valence-electron chi connectivity index (χ2n) is 4.74. The molecule has 0 spiro atoms. The quantitative estimate of drug-likeness (QED) is 0.832. The summed E-state index contributed by atoms with van der Waals surface area (Å²) in [6, 6.07) is 10.4. The number of hydrogen-bond acceptors (Lipinski definition) is 2. The minimum atomic E-state index is 0.458. The Morgan fingerprint density at radius 3 is 2.81 bits per heavy atom. The van der Waals surface area contributed by atoms with E-state index in [1.807, 2.05) is 24.3 Å². The zero-order chi connectivity index (χ0) is 11.4. The maximum absolute atomic E-state index is 8.98.